The summed E-state index contributed by atoms with van der Waals surface area (Å²) in [5.41, 5.74) is 4.89. The van der Waals surface area contributed by atoms with Crippen LogP contribution in [0.25, 0.3) is 10.9 Å². The van der Waals surface area contributed by atoms with E-state index in [0.717, 1.165) is 100.0 Å². The minimum absolute atomic E-state index is 0.0845. The van der Waals surface area contributed by atoms with Gasteiger partial charge < -0.3 is 39.0 Å². The van der Waals surface area contributed by atoms with Gasteiger partial charge in [0.1, 0.15) is 11.6 Å². The number of H-pyrrole nitrogens is 1. The van der Waals surface area contributed by atoms with Gasteiger partial charge in [-0.1, -0.05) is 24.3 Å². The van der Waals surface area contributed by atoms with Crippen molar-refractivity contribution in [1.29, 1.82) is 0 Å². The highest BCUT2D eigenvalue weighted by atomic mass is 16.7. The van der Waals surface area contributed by atoms with Crippen molar-refractivity contribution in [2.45, 2.75) is 12.5 Å². The molecule has 218 valence electrons. The number of piperazine rings is 2. The number of hydrogen-bond donors (Lipinski definition) is 1. The molecular formula is C32H38N8O2. The van der Waals surface area contributed by atoms with E-state index < -0.39 is 0 Å². The third-order valence-electron chi connectivity index (χ3n) is 9.35. The second kappa shape index (κ2) is 10.4. The normalized spacial score (nSPS) is 21.3. The van der Waals surface area contributed by atoms with Crippen molar-refractivity contribution < 1.29 is 9.47 Å². The fraction of sp³-hybridized carbons (Fsp3) is 0.438. The fourth-order valence-electron chi connectivity index (χ4n) is 6.82. The van der Waals surface area contributed by atoms with Gasteiger partial charge in [-0.25, -0.2) is 0 Å². The molecule has 10 heteroatoms. The van der Waals surface area contributed by atoms with Crippen LogP contribution >= 0.6 is 0 Å². The van der Waals surface area contributed by atoms with Gasteiger partial charge in [0.2, 0.25) is 12.7 Å². The second-order valence-corrected chi connectivity index (χ2v) is 12.0. The van der Waals surface area contributed by atoms with Crippen LogP contribution < -0.4 is 24.2 Å². The molecule has 0 saturated carbocycles. The maximum absolute atomic E-state index is 5.83. The van der Waals surface area contributed by atoms with Crippen LogP contribution in [0.2, 0.25) is 0 Å². The van der Waals surface area contributed by atoms with Crippen LogP contribution in [0.1, 0.15) is 22.9 Å². The lowest BCUT2D eigenvalue weighted by atomic mass is 9.92. The molecule has 8 rings (SSSR count). The molecule has 1 atom stereocenters. The van der Waals surface area contributed by atoms with Crippen LogP contribution in [0, 0.1) is 0 Å². The lowest BCUT2D eigenvalue weighted by molar-refractivity contribution is 0.174. The number of nitrogens with zero attached hydrogens (tertiary/aromatic N) is 7. The zero-order valence-corrected chi connectivity index (χ0v) is 24.4. The lowest BCUT2D eigenvalue weighted by Crippen LogP contribution is -2.46. The average Bonchev–Trinajstić information content (AvgIpc) is 3.65. The first-order valence-electron chi connectivity index (χ1n) is 15.1. The van der Waals surface area contributed by atoms with Crippen molar-refractivity contribution in [2.24, 2.45) is 0 Å². The molecule has 42 heavy (non-hydrogen) atoms. The smallest absolute Gasteiger partial charge is 0.231 e. The summed E-state index contributed by atoms with van der Waals surface area (Å²) in [6.45, 7) is 9.07. The Morgan fingerprint density at radius 1 is 0.738 bits per heavy atom. The number of fused-ring (bicyclic) bond motifs is 4. The van der Waals surface area contributed by atoms with Crippen LogP contribution in [0.3, 0.4) is 0 Å². The molecule has 10 nitrogen and oxygen atoms in total. The number of likely N-dealkylation sites (N-methyl/N-ethyl adjacent to an activating group) is 2. The van der Waals surface area contributed by atoms with Gasteiger partial charge >= 0.3 is 0 Å². The fourth-order valence-corrected chi connectivity index (χ4v) is 6.82. The summed E-state index contributed by atoms with van der Waals surface area (Å²) in [4.78, 5) is 26.4. The molecule has 0 spiro atoms. The number of aromatic nitrogens is 3. The van der Waals surface area contributed by atoms with E-state index in [1.165, 1.54) is 22.2 Å². The van der Waals surface area contributed by atoms with Gasteiger partial charge in [-0.3, -0.25) is 0 Å². The first kappa shape index (κ1) is 25.7. The number of nitrogens with one attached hydrogen (secondary N) is 1. The molecule has 4 aliphatic heterocycles. The van der Waals surface area contributed by atoms with Gasteiger partial charge in [0.05, 0.1) is 6.04 Å². The Bertz CT molecular complexity index is 1570. The van der Waals surface area contributed by atoms with Crippen molar-refractivity contribution >= 4 is 28.5 Å². The largest absolute Gasteiger partial charge is 0.454 e. The molecule has 0 amide bonds. The standard InChI is InChI=1S/C32H38N8O2/c1-36-11-15-38(16-12-36)28-20-29(39-17-13-37(2)14-18-39)35-32(34-28)40-10-9-24-23-5-3-4-6-25(23)33-30(24)31(40)22-7-8-26-27(19-22)42-21-41-26/h3-8,19-20,31,33H,9-18,21H2,1-2H3. The number of para-hydroxylation sites is 1. The molecule has 1 N–H and O–H groups in total. The van der Waals surface area contributed by atoms with Crippen LogP contribution in [0.15, 0.2) is 48.5 Å². The Morgan fingerprint density at radius 2 is 1.40 bits per heavy atom. The summed E-state index contributed by atoms with van der Waals surface area (Å²) in [6, 6.07) is 17.1. The van der Waals surface area contributed by atoms with Crippen LogP contribution in [0.5, 0.6) is 11.5 Å². The highest BCUT2D eigenvalue weighted by Gasteiger charge is 2.35. The first-order valence-corrected chi connectivity index (χ1v) is 15.1. The van der Waals surface area contributed by atoms with Crippen molar-refractivity contribution in [1.82, 2.24) is 24.8 Å². The van der Waals surface area contributed by atoms with E-state index in [-0.39, 0.29) is 12.8 Å². The summed E-state index contributed by atoms with van der Waals surface area (Å²) >= 11 is 0. The summed E-state index contributed by atoms with van der Waals surface area (Å²) in [7, 11) is 4.39. The Labute approximate surface area is 246 Å². The van der Waals surface area contributed by atoms with Crippen molar-refractivity contribution in [2.75, 3.05) is 94.5 Å². The van der Waals surface area contributed by atoms with Crippen LogP contribution in [-0.4, -0.2) is 105 Å². The van der Waals surface area contributed by atoms with Gasteiger partial charge in [0.15, 0.2) is 11.5 Å². The average molecular weight is 567 g/mol. The molecule has 2 saturated heterocycles. The molecule has 0 aliphatic carbocycles. The summed E-state index contributed by atoms with van der Waals surface area (Å²) < 4.78 is 11.5. The van der Waals surface area contributed by atoms with Gasteiger partial charge in [-0.05, 0) is 49.8 Å². The van der Waals surface area contributed by atoms with Crippen LogP contribution in [-0.2, 0) is 6.42 Å². The zero-order chi connectivity index (χ0) is 28.2. The Hall–Kier alpha value is -4.02. The van der Waals surface area contributed by atoms with Crippen LogP contribution in [0.4, 0.5) is 17.6 Å². The van der Waals surface area contributed by atoms with Crippen molar-refractivity contribution in [3.05, 3.63) is 65.4 Å². The maximum Gasteiger partial charge on any atom is 0.231 e. The predicted molar refractivity (Wildman–Crippen MR) is 165 cm³/mol. The number of hydrogen-bond acceptors (Lipinski definition) is 9. The zero-order valence-electron chi connectivity index (χ0n) is 24.4. The number of anilines is 3. The van der Waals surface area contributed by atoms with Crippen molar-refractivity contribution in [3.8, 4) is 11.5 Å². The molecule has 4 aliphatic rings. The third kappa shape index (κ3) is 4.49. The molecule has 0 radical (unpaired) electrons. The molecule has 0 bridgehead atoms. The van der Waals surface area contributed by atoms with E-state index in [1.807, 2.05) is 6.07 Å². The highest BCUT2D eigenvalue weighted by Crippen LogP contribution is 2.43. The topological polar surface area (TPSA) is 76.2 Å². The van der Waals surface area contributed by atoms with E-state index in [0.29, 0.717) is 0 Å². The number of benzene rings is 2. The van der Waals surface area contributed by atoms with E-state index in [9.17, 15) is 0 Å². The van der Waals surface area contributed by atoms with E-state index in [2.05, 4.69) is 86.0 Å². The Morgan fingerprint density at radius 3 is 2.12 bits per heavy atom. The molecule has 4 aromatic rings. The van der Waals surface area contributed by atoms with Gasteiger partial charge in [0.25, 0.3) is 0 Å². The molecular weight excluding hydrogens is 528 g/mol. The Balaban J connectivity index is 1.25. The summed E-state index contributed by atoms with van der Waals surface area (Å²) in [6.07, 6.45) is 0.923. The highest BCUT2D eigenvalue weighted by molar-refractivity contribution is 5.86. The van der Waals surface area contributed by atoms with Gasteiger partial charge in [0, 0.05) is 81.6 Å². The van der Waals surface area contributed by atoms with E-state index in [4.69, 9.17) is 19.4 Å². The summed E-state index contributed by atoms with van der Waals surface area (Å²) in [5.74, 6) is 4.42. The van der Waals surface area contributed by atoms with E-state index >= 15 is 0 Å². The van der Waals surface area contributed by atoms with Gasteiger partial charge in [-0.15, -0.1) is 0 Å². The number of rotatable bonds is 4. The molecule has 2 aromatic heterocycles. The van der Waals surface area contributed by atoms with Gasteiger partial charge in [-0.2, -0.15) is 9.97 Å². The minimum Gasteiger partial charge on any atom is -0.454 e. The Kier molecular flexibility index (Phi) is 6.33. The monoisotopic (exact) mass is 566 g/mol. The quantitative estimate of drug-likeness (QED) is 0.400. The first-order chi connectivity index (χ1) is 20.6. The molecule has 1 unspecified atom stereocenters. The molecule has 6 heterocycles. The third-order valence-corrected chi connectivity index (χ3v) is 9.35. The van der Waals surface area contributed by atoms with E-state index in [1.54, 1.807) is 0 Å². The number of aromatic amines is 1. The summed E-state index contributed by atoms with van der Waals surface area (Å²) in [5, 5.41) is 1.29. The molecule has 2 fully saturated rings. The number of ether oxygens (including phenoxy) is 2. The predicted octanol–water partition coefficient (Wildman–Crippen LogP) is 3.34. The maximum atomic E-state index is 5.83. The second-order valence-electron chi connectivity index (χ2n) is 12.0. The lowest BCUT2D eigenvalue weighted by Gasteiger charge is -2.39. The minimum atomic E-state index is -0.0845. The van der Waals surface area contributed by atoms with Crippen molar-refractivity contribution in [3.63, 3.8) is 0 Å². The SMILES string of the molecule is CN1CCN(c2cc(N3CCN(C)CC3)nc(N3CCc4c([nH]c5ccccc45)C3c3ccc4c(c3)OCO4)n2)CC1. The molecule has 2 aromatic carbocycles.